The normalized spacial score (nSPS) is 18.6. The Balaban J connectivity index is 1.40. The minimum Gasteiger partial charge on any atom is -0.496 e. The highest BCUT2D eigenvalue weighted by atomic mass is 32.2. The van der Waals surface area contributed by atoms with Crippen molar-refractivity contribution in [3.05, 3.63) is 83.4 Å². The Hall–Kier alpha value is -3.07. The van der Waals surface area contributed by atoms with Crippen molar-refractivity contribution in [1.29, 1.82) is 0 Å². The number of benzene rings is 3. The number of hydrogen-bond acceptors (Lipinski definition) is 6. The van der Waals surface area contributed by atoms with Gasteiger partial charge in [-0.3, -0.25) is 4.90 Å². The van der Waals surface area contributed by atoms with E-state index in [-0.39, 0.29) is 18.0 Å². The molecule has 0 N–H and O–H groups in total. The number of aryl methyl sites for hydroxylation is 1. The summed E-state index contributed by atoms with van der Waals surface area (Å²) in [6.07, 6.45) is 2.96. The lowest BCUT2D eigenvalue weighted by Crippen LogP contribution is -2.43. The molecule has 196 valence electrons. The van der Waals surface area contributed by atoms with E-state index in [1.807, 2.05) is 61.5 Å². The Morgan fingerprint density at radius 2 is 1.70 bits per heavy atom. The summed E-state index contributed by atoms with van der Waals surface area (Å²) in [5, 5.41) is 0. The Kier molecular flexibility index (Phi) is 7.69. The van der Waals surface area contributed by atoms with Gasteiger partial charge in [-0.05, 0) is 68.1 Å². The maximum absolute atomic E-state index is 13.9. The Bertz CT molecular complexity index is 1300. The van der Waals surface area contributed by atoms with Crippen molar-refractivity contribution in [2.24, 2.45) is 0 Å². The van der Waals surface area contributed by atoms with E-state index in [0.29, 0.717) is 24.7 Å². The first-order valence-electron chi connectivity index (χ1n) is 12.8. The highest BCUT2D eigenvalue weighted by Gasteiger charge is 2.36. The van der Waals surface area contributed by atoms with Gasteiger partial charge in [-0.1, -0.05) is 35.9 Å². The van der Waals surface area contributed by atoms with Gasteiger partial charge >= 0.3 is 0 Å². The van der Waals surface area contributed by atoms with Crippen molar-refractivity contribution in [2.45, 2.75) is 43.7 Å². The number of ether oxygens (including phenoxy) is 3. The fourth-order valence-corrected chi connectivity index (χ4v) is 6.52. The zero-order valence-corrected chi connectivity index (χ0v) is 22.2. The molecule has 3 aromatic rings. The summed E-state index contributed by atoms with van der Waals surface area (Å²) in [5.41, 5.74) is 2.76. The second kappa shape index (κ2) is 11.1. The molecule has 5 rings (SSSR count). The summed E-state index contributed by atoms with van der Waals surface area (Å²) >= 11 is 0. The molecule has 8 heteroatoms. The van der Waals surface area contributed by atoms with Gasteiger partial charge in [0.1, 0.15) is 30.6 Å². The lowest BCUT2D eigenvalue weighted by molar-refractivity contribution is 0.152. The minimum absolute atomic E-state index is 0.164. The van der Waals surface area contributed by atoms with Crippen LogP contribution in [0.3, 0.4) is 0 Å². The highest BCUT2D eigenvalue weighted by Crippen LogP contribution is 2.36. The summed E-state index contributed by atoms with van der Waals surface area (Å²) in [7, 11) is -2.21. The highest BCUT2D eigenvalue weighted by molar-refractivity contribution is 7.89. The van der Waals surface area contributed by atoms with Crippen molar-refractivity contribution >= 4 is 10.0 Å². The summed E-state index contributed by atoms with van der Waals surface area (Å²) in [4.78, 5) is 2.57. The van der Waals surface area contributed by atoms with Crippen LogP contribution in [0.2, 0.25) is 0 Å². The molecule has 2 heterocycles. The fourth-order valence-electron chi connectivity index (χ4n) is 4.94. The Morgan fingerprint density at radius 1 is 0.973 bits per heavy atom. The molecule has 0 aliphatic carbocycles. The first-order chi connectivity index (χ1) is 17.9. The average Bonchev–Trinajstić information content (AvgIpc) is 3.36. The first-order valence-corrected chi connectivity index (χ1v) is 14.2. The van der Waals surface area contributed by atoms with Gasteiger partial charge in [0.05, 0.1) is 23.6 Å². The number of hydrogen-bond donors (Lipinski definition) is 0. The van der Waals surface area contributed by atoms with Gasteiger partial charge in [0.2, 0.25) is 10.0 Å². The van der Waals surface area contributed by atoms with Crippen LogP contribution < -0.4 is 14.2 Å². The third-order valence-corrected chi connectivity index (χ3v) is 9.01. The van der Waals surface area contributed by atoms with Gasteiger partial charge in [0.25, 0.3) is 0 Å². The maximum atomic E-state index is 13.9. The molecule has 2 aliphatic rings. The van der Waals surface area contributed by atoms with Crippen molar-refractivity contribution in [3.8, 4) is 17.2 Å². The van der Waals surface area contributed by atoms with Crippen LogP contribution in [0.25, 0.3) is 0 Å². The van der Waals surface area contributed by atoms with Gasteiger partial charge in [-0.2, -0.15) is 4.31 Å². The van der Waals surface area contributed by atoms with E-state index in [1.165, 1.54) is 12.8 Å². The summed E-state index contributed by atoms with van der Waals surface area (Å²) in [5.74, 6) is 2.08. The summed E-state index contributed by atoms with van der Waals surface area (Å²) < 4.78 is 47.1. The minimum atomic E-state index is -3.80. The molecule has 0 unspecified atom stereocenters. The lowest BCUT2D eigenvalue weighted by atomic mass is 10.1. The van der Waals surface area contributed by atoms with E-state index in [2.05, 4.69) is 4.90 Å². The van der Waals surface area contributed by atoms with E-state index in [1.54, 1.807) is 23.5 Å². The topological polar surface area (TPSA) is 68.3 Å². The predicted molar refractivity (Wildman–Crippen MR) is 143 cm³/mol. The monoisotopic (exact) mass is 522 g/mol. The molecular formula is C29H34N2O5S. The van der Waals surface area contributed by atoms with E-state index < -0.39 is 16.1 Å². The third-order valence-electron chi connectivity index (χ3n) is 7.10. The van der Waals surface area contributed by atoms with Crippen LogP contribution in [0.15, 0.2) is 71.6 Å². The molecule has 37 heavy (non-hydrogen) atoms. The van der Waals surface area contributed by atoms with Crippen molar-refractivity contribution in [1.82, 2.24) is 9.21 Å². The van der Waals surface area contributed by atoms with Crippen LogP contribution >= 0.6 is 0 Å². The van der Waals surface area contributed by atoms with Gasteiger partial charge in [0.15, 0.2) is 0 Å². The molecule has 2 aliphatic heterocycles. The third kappa shape index (κ3) is 5.76. The molecule has 1 saturated heterocycles. The van der Waals surface area contributed by atoms with Crippen molar-refractivity contribution < 1.29 is 22.6 Å². The van der Waals surface area contributed by atoms with Gasteiger partial charge in [-0.15, -0.1) is 0 Å². The lowest BCUT2D eigenvalue weighted by Gasteiger charge is -2.29. The number of rotatable bonds is 8. The van der Waals surface area contributed by atoms with E-state index in [0.717, 1.165) is 35.5 Å². The number of sulfonamides is 1. The van der Waals surface area contributed by atoms with Crippen LogP contribution in [0.4, 0.5) is 0 Å². The van der Waals surface area contributed by atoms with Crippen LogP contribution in [-0.2, 0) is 23.0 Å². The standard InChI is InChI=1S/C29H34N2O5S/c1-22-8-14-26(15-9-22)37(32,33)31-19-27-28(34-2)6-5-7-29(27)35-20-24(31)18-23-10-12-25(13-11-23)36-21-30-16-3-4-17-30/h5-15,24H,3-4,16-21H2,1-2H3/t24-/m0/s1. The SMILES string of the molecule is COc1cccc2c1CN(S(=O)(=O)c1ccc(C)cc1)[C@@H](Cc1ccc(OCN3CCCC3)cc1)CO2. The summed E-state index contributed by atoms with van der Waals surface area (Å²) in [6, 6.07) is 20.1. The molecule has 0 saturated carbocycles. The van der Waals surface area contributed by atoms with E-state index in [9.17, 15) is 8.42 Å². The second-order valence-corrected chi connectivity index (χ2v) is 11.6. The largest absolute Gasteiger partial charge is 0.496 e. The van der Waals surface area contributed by atoms with E-state index in [4.69, 9.17) is 14.2 Å². The van der Waals surface area contributed by atoms with Crippen LogP contribution in [-0.4, -0.2) is 57.2 Å². The number of methoxy groups -OCH3 is 1. The molecule has 0 radical (unpaired) electrons. The predicted octanol–water partition coefficient (Wildman–Crippen LogP) is 4.63. The molecule has 1 fully saturated rings. The molecule has 0 spiro atoms. The van der Waals surface area contributed by atoms with Gasteiger partial charge in [0, 0.05) is 19.6 Å². The molecule has 7 nitrogen and oxygen atoms in total. The van der Waals surface area contributed by atoms with E-state index >= 15 is 0 Å². The van der Waals surface area contributed by atoms with Gasteiger partial charge in [-0.25, -0.2) is 8.42 Å². The van der Waals surface area contributed by atoms with Crippen molar-refractivity contribution in [2.75, 3.05) is 33.5 Å². The van der Waals surface area contributed by atoms with Crippen LogP contribution in [0.5, 0.6) is 17.2 Å². The van der Waals surface area contributed by atoms with Gasteiger partial charge < -0.3 is 14.2 Å². The molecule has 1 atom stereocenters. The van der Waals surface area contributed by atoms with Crippen molar-refractivity contribution in [3.63, 3.8) is 0 Å². The quantitative estimate of drug-likeness (QED) is 0.430. The molecular weight excluding hydrogens is 488 g/mol. The van der Waals surface area contributed by atoms with Crippen LogP contribution in [0, 0.1) is 6.92 Å². The van der Waals surface area contributed by atoms with Crippen LogP contribution in [0.1, 0.15) is 29.5 Å². The first kappa shape index (κ1) is 25.6. The Labute approximate surface area is 219 Å². The zero-order chi connectivity index (χ0) is 25.8. The molecule has 0 amide bonds. The molecule has 0 bridgehead atoms. The average molecular weight is 523 g/mol. The fraction of sp³-hybridized carbons (Fsp3) is 0.379. The Morgan fingerprint density at radius 3 is 2.41 bits per heavy atom. The molecule has 0 aromatic heterocycles. The number of likely N-dealkylation sites (tertiary alicyclic amines) is 1. The molecule has 3 aromatic carbocycles. The summed E-state index contributed by atoms with van der Waals surface area (Å²) in [6.45, 7) is 5.10. The zero-order valence-electron chi connectivity index (χ0n) is 21.4. The number of fused-ring (bicyclic) bond motifs is 1. The number of nitrogens with zero attached hydrogens (tertiary/aromatic N) is 2. The maximum Gasteiger partial charge on any atom is 0.243 e. The second-order valence-electron chi connectivity index (χ2n) is 9.71. The smallest absolute Gasteiger partial charge is 0.243 e.